The van der Waals surface area contributed by atoms with E-state index in [1.54, 1.807) is 9.13 Å². The second-order valence-corrected chi connectivity index (χ2v) is 6.13. The maximum absolute atomic E-state index is 13.2. The van der Waals surface area contributed by atoms with Crippen LogP contribution in [0.3, 0.4) is 0 Å². The Balaban J connectivity index is 1.95. The predicted molar refractivity (Wildman–Crippen MR) is 105 cm³/mol. The van der Waals surface area contributed by atoms with E-state index in [1.807, 2.05) is 91.0 Å². The third-order valence-electron chi connectivity index (χ3n) is 4.42. The smallest absolute Gasteiger partial charge is 0.335 e. The number of para-hydroxylation sites is 1. The van der Waals surface area contributed by atoms with Crippen LogP contribution in [-0.4, -0.2) is 9.13 Å². The van der Waals surface area contributed by atoms with Crippen LogP contribution < -0.4 is 11.4 Å². The average Bonchev–Trinajstić information content (AvgIpc) is 2.94. The molecule has 0 amide bonds. The lowest BCUT2D eigenvalue weighted by molar-refractivity contribution is 0.748. The molecule has 0 aliphatic heterocycles. The first-order valence-corrected chi connectivity index (χ1v) is 8.51. The Morgan fingerprint density at radius 3 is 1.88 bits per heavy atom. The molecule has 0 unspecified atom stereocenters. The van der Waals surface area contributed by atoms with Crippen LogP contribution in [0.15, 0.2) is 95.8 Å². The minimum absolute atomic E-state index is 0.142. The van der Waals surface area contributed by atoms with E-state index >= 15 is 0 Å². The summed E-state index contributed by atoms with van der Waals surface area (Å²) in [6.07, 6.45) is 0. The number of hydrogen-bond acceptors (Lipinski definition) is 2. The van der Waals surface area contributed by atoms with Crippen LogP contribution in [0.25, 0.3) is 16.9 Å². The van der Waals surface area contributed by atoms with E-state index in [9.17, 15) is 4.79 Å². The van der Waals surface area contributed by atoms with E-state index < -0.39 is 0 Å². The van der Waals surface area contributed by atoms with E-state index in [1.165, 1.54) is 0 Å². The molecular formula is C22H19N3O. The minimum atomic E-state index is -0.142. The van der Waals surface area contributed by atoms with Gasteiger partial charge >= 0.3 is 5.69 Å². The summed E-state index contributed by atoms with van der Waals surface area (Å²) >= 11 is 0. The molecule has 0 aliphatic carbocycles. The van der Waals surface area contributed by atoms with Gasteiger partial charge in [-0.1, -0.05) is 78.9 Å². The lowest BCUT2D eigenvalue weighted by Gasteiger charge is -2.08. The van der Waals surface area contributed by atoms with Crippen LogP contribution in [0.4, 0.5) is 5.82 Å². The summed E-state index contributed by atoms with van der Waals surface area (Å²) in [6, 6.07) is 29.2. The summed E-state index contributed by atoms with van der Waals surface area (Å²) in [5.74, 6) is 0.448. The summed E-state index contributed by atoms with van der Waals surface area (Å²) in [4.78, 5) is 13.2. The monoisotopic (exact) mass is 341 g/mol. The highest BCUT2D eigenvalue weighted by Gasteiger charge is 2.20. The molecule has 4 heteroatoms. The van der Waals surface area contributed by atoms with Gasteiger partial charge in [-0.25, -0.2) is 9.36 Å². The molecule has 4 nitrogen and oxygen atoms in total. The number of rotatable bonds is 4. The molecule has 0 fully saturated rings. The van der Waals surface area contributed by atoms with Gasteiger partial charge in [0.15, 0.2) is 0 Å². The van der Waals surface area contributed by atoms with Crippen LogP contribution in [0, 0.1) is 0 Å². The van der Waals surface area contributed by atoms with Crippen molar-refractivity contribution in [3.63, 3.8) is 0 Å². The average molecular weight is 341 g/mol. The Kier molecular flexibility index (Phi) is 4.15. The third kappa shape index (κ3) is 2.82. The van der Waals surface area contributed by atoms with Gasteiger partial charge in [-0.2, -0.15) is 0 Å². The van der Waals surface area contributed by atoms with Crippen LogP contribution in [0.1, 0.15) is 5.56 Å². The van der Waals surface area contributed by atoms with Gasteiger partial charge in [0, 0.05) is 5.56 Å². The number of imidazole rings is 1. The Hall–Kier alpha value is -3.53. The quantitative estimate of drug-likeness (QED) is 0.611. The zero-order chi connectivity index (χ0) is 17.9. The molecule has 4 rings (SSSR count). The molecule has 0 saturated carbocycles. The molecule has 0 aliphatic rings. The Bertz CT molecular complexity index is 1070. The summed E-state index contributed by atoms with van der Waals surface area (Å²) < 4.78 is 3.32. The molecule has 0 radical (unpaired) electrons. The SMILES string of the molecule is Nc1c(-c2ccccc2)n(Cc2ccccc2)c(=O)n1-c1ccccc1. The van der Waals surface area contributed by atoms with Crippen LogP contribution >= 0.6 is 0 Å². The highest BCUT2D eigenvalue weighted by atomic mass is 16.1. The first kappa shape index (κ1) is 16.0. The summed E-state index contributed by atoms with van der Waals surface area (Å²) in [5, 5.41) is 0. The molecule has 1 heterocycles. The number of benzene rings is 3. The molecule has 0 atom stereocenters. The number of aromatic nitrogens is 2. The molecule has 3 aromatic carbocycles. The molecule has 4 aromatic rings. The molecule has 1 aromatic heterocycles. The fourth-order valence-electron chi connectivity index (χ4n) is 3.20. The van der Waals surface area contributed by atoms with Gasteiger partial charge in [-0.3, -0.25) is 4.57 Å². The number of anilines is 1. The van der Waals surface area contributed by atoms with Crippen LogP contribution in [0.2, 0.25) is 0 Å². The maximum atomic E-state index is 13.2. The van der Waals surface area contributed by atoms with Gasteiger partial charge in [0.1, 0.15) is 5.82 Å². The predicted octanol–water partition coefficient (Wildman–Crippen LogP) is 3.94. The van der Waals surface area contributed by atoms with Crippen molar-refractivity contribution in [2.75, 3.05) is 5.73 Å². The fourth-order valence-corrected chi connectivity index (χ4v) is 3.20. The molecule has 0 saturated heterocycles. The van der Waals surface area contributed by atoms with E-state index in [-0.39, 0.29) is 5.69 Å². The number of nitrogens with zero attached hydrogens (tertiary/aromatic N) is 2. The van der Waals surface area contributed by atoms with E-state index in [0.29, 0.717) is 12.4 Å². The summed E-state index contributed by atoms with van der Waals surface area (Å²) in [5.41, 5.74) is 9.80. The van der Waals surface area contributed by atoms with Crippen molar-refractivity contribution >= 4 is 5.82 Å². The standard InChI is InChI=1S/C22H19N3O/c23-21-20(18-12-6-2-7-13-18)24(16-17-10-4-1-5-11-17)22(26)25(21)19-14-8-3-9-15-19/h1-15H,16,23H2. The highest BCUT2D eigenvalue weighted by molar-refractivity contribution is 5.72. The largest absolute Gasteiger partial charge is 0.383 e. The van der Waals surface area contributed by atoms with Crippen LogP contribution in [0.5, 0.6) is 0 Å². The van der Waals surface area contributed by atoms with Gasteiger partial charge in [0.25, 0.3) is 0 Å². The normalized spacial score (nSPS) is 10.8. The van der Waals surface area contributed by atoms with Crippen molar-refractivity contribution in [2.45, 2.75) is 6.54 Å². The highest BCUT2D eigenvalue weighted by Crippen LogP contribution is 2.27. The van der Waals surface area contributed by atoms with Crippen molar-refractivity contribution < 1.29 is 0 Å². The second-order valence-electron chi connectivity index (χ2n) is 6.13. The number of nitrogens with two attached hydrogens (primary N) is 1. The zero-order valence-electron chi connectivity index (χ0n) is 14.2. The van der Waals surface area contributed by atoms with Gasteiger partial charge in [0.05, 0.1) is 17.9 Å². The lowest BCUT2D eigenvalue weighted by Crippen LogP contribution is -2.24. The first-order chi connectivity index (χ1) is 12.8. The van der Waals surface area contributed by atoms with E-state index in [2.05, 4.69) is 0 Å². The second kappa shape index (κ2) is 6.76. The van der Waals surface area contributed by atoms with Gasteiger partial charge in [-0.15, -0.1) is 0 Å². The zero-order valence-corrected chi connectivity index (χ0v) is 14.2. The molecule has 0 spiro atoms. The molecule has 26 heavy (non-hydrogen) atoms. The Morgan fingerprint density at radius 2 is 1.27 bits per heavy atom. The summed E-state index contributed by atoms with van der Waals surface area (Å²) in [6.45, 7) is 0.466. The van der Waals surface area contributed by atoms with Crippen molar-refractivity contribution in [3.05, 3.63) is 107 Å². The fraction of sp³-hybridized carbons (Fsp3) is 0.0455. The van der Waals surface area contributed by atoms with E-state index in [0.717, 1.165) is 22.5 Å². The van der Waals surface area contributed by atoms with Crippen molar-refractivity contribution in [3.8, 4) is 16.9 Å². The number of nitrogen functional groups attached to an aromatic ring is 1. The maximum Gasteiger partial charge on any atom is 0.335 e. The topological polar surface area (TPSA) is 52.9 Å². The lowest BCUT2D eigenvalue weighted by atomic mass is 10.1. The Labute approximate surface area is 151 Å². The van der Waals surface area contributed by atoms with Gasteiger partial charge in [-0.05, 0) is 17.7 Å². The third-order valence-corrected chi connectivity index (χ3v) is 4.42. The first-order valence-electron chi connectivity index (χ1n) is 8.51. The van der Waals surface area contributed by atoms with Crippen molar-refractivity contribution in [1.82, 2.24) is 9.13 Å². The van der Waals surface area contributed by atoms with Crippen molar-refractivity contribution in [2.24, 2.45) is 0 Å². The number of hydrogen-bond donors (Lipinski definition) is 1. The molecular weight excluding hydrogens is 322 g/mol. The molecule has 2 N–H and O–H groups in total. The minimum Gasteiger partial charge on any atom is -0.383 e. The van der Waals surface area contributed by atoms with Crippen LogP contribution in [-0.2, 0) is 6.54 Å². The van der Waals surface area contributed by atoms with Crippen molar-refractivity contribution in [1.29, 1.82) is 0 Å². The van der Waals surface area contributed by atoms with E-state index in [4.69, 9.17) is 5.73 Å². The van der Waals surface area contributed by atoms with Gasteiger partial charge < -0.3 is 5.73 Å². The Morgan fingerprint density at radius 1 is 0.731 bits per heavy atom. The van der Waals surface area contributed by atoms with Gasteiger partial charge in [0.2, 0.25) is 0 Å². The molecule has 0 bridgehead atoms. The molecule has 128 valence electrons. The summed E-state index contributed by atoms with van der Waals surface area (Å²) in [7, 11) is 0.